The van der Waals surface area contributed by atoms with E-state index in [1.165, 1.54) is 4.90 Å². The first-order valence-electron chi connectivity index (χ1n) is 10.3. The zero-order valence-corrected chi connectivity index (χ0v) is 17.6. The molecule has 0 unspecified atom stereocenters. The second-order valence-corrected chi connectivity index (χ2v) is 7.74. The maximum absolute atomic E-state index is 11.5. The predicted molar refractivity (Wildman–Crippen MR) is 121 cm³/mol. The molecule has 3 aromatic rings. The number of piperazine rings is 1. The monoisotopic (exact) mass is 415 g/mol. The van der Waals surface area contributed by atoms with Gasteiger partial charge in [0.05, 0.1) is 17.8 Å². The minimum Gasteiger partial charge on any atom is -0.465 e. The molecule has 31 heavy (non-hydrogen) atoms. The van der Waals surface area contributed by atoms with Crippen molar-refractivity contribution in [3.63, 3.8) is 0 Å². The molecule has 1 aromatic heterocycles. The van der Waals surface area contributed by atoms with Gasteiger partial charge in [0.25, 0.3) is 0 Å². The van der Waals surface area contributed by atoms with Gasteiger partial charge in [-0.25, -0.2) is 9.79 Å². The third-order valence-electron chi connectivity index (χ3n) is 5.42. The SMILES string of the molecule is C[C@@H]1CN(c2ccc(N=C(c3ccccc3)c3ccccc3)nn2)C[C@H](C)N1C(=O)O. The van der Waals surface area contributed by atoms with E-state index in [2.05, 4.69) is 15.1 Å². The van der Waals surface area contributed by atoms with Gasteiger partial charge in [0.2, 0.25) is 0 Å². The molecule has 0 spiro atoms. The van der Waals surface area contributed by atoms with Gasteiger partial charge in [-0.2, -0.15) is 0 Å². The van der Waals surface area contributed by atoms with Crippen LogP contribution < -0.4 is 4.90 Å². The summed E-state index contributed by atoms with van der Waals surface area (Å²) in [7, 11) is 0. The summed E-state index contributed by atoms with van der Waals surface area (Å²) in [6, 6.07) is 23.5. The van der Waals surface area contributed by atoms with Crippen LogP contribution in [0.15, 0.2) is 77.8 Å². The van der Waals surface area contributed by atoms with Crippen LogP contribution in [0.25, 0.3) is 0 Å². The number of nitrogens with zero attached hydrogens (tertiary/aromatic N) is 5. The van der Waals surface area contributed by atoms with Crippen LogP contribution in [0, 0.1) is 0 Å². The van der Waals surface area contributed by atoms with Gasteiger partial charge < -0.3 is 10.0 Å². The van der Waals surface area contributed by atoms with Crippen LogP contribution in [0.2, 0.25) is 0 Å². The van der Waals surface area contributed by atoms with Gasteiger partial charge in [0.15, 0.2) is 11.6 Å². The van der Waals surface area contributed by atoms with E-state index >= 15 is 0 Å². The Kier molecular flexibility index (Phi) is 5.93. The van der Waals surface area contributed by atoms with E-state index in [0.29, 0.717) is 18.9 Å². The average Bonchev–Trinajstić information content (AvgIpc) is 2.78. The number of carboxylic acid groups (broad SMARTS) is 1. The molecule has 158 valence electrons. The molecule has 0 radical (unpaired) electrons. The van der Waals surface area contributed by atoms with E-state index in [1.807, 2.05) is 86.6 Å². The van der Waals surface area contributed by atoms with Gasteiger partial charge in [-0.05, 0) is 26.0 Å². The third-order valence-corrected chi connectivity index (χ3v) is 5.42. The largest absolute Gasteiger partial charge is 0.465 e. The number of hydrogen-bond donors (Lipinski definition) is 1. The van der Waals surface area contributed by atoms with Crippen molar-refractivity contribution in [2.45, 2.75) is 25.9 Å². The fourth-order valence-corrected chi connectivity index (χ4v) is 4.04. The predicted octanol–water partition coefficient (Wildman–Crippen LogP) is 4.22. The topological polar surface area (TPSA) is 81.9 Å². The first-order valence-corrected chi connectivity index (χ1v) is 10.3. The molecule has 2 heterocycles. The lowest BCUT2D eigenvalue weighted by atomic mass is 10.0. The summed E-state index contributed by atoms with van der Waals surface area (Å²) >= 11 is 0. The lowest BCUT2D eigenvalue weighted by molar-refractivity contribution is 0.0980. The van der Waals surface area contributed by atoms with Crippen LogP contribution in [-0.4, -0.2) is 57.2 Å². The molecule has 1 aliphatic rings. The lowest BCUT2D eigenvalue weighted by Gasteiger charge is -2.43. The summed E-state index contributed by atoms with van der Waals surface area (Å²) in [4.78, 5) is 19.8. The van der Waals surface area contributed by atoms with Gasteiger partial charge in [-0.3, -0.25) is 4.90 Å². The number of aromatic nitrogens is 2. The standard InChI is InChI=1S/C24H25N5O2/c1-17-15-28(16-18(2)29(17)24(30)31)22-14-13-21(26-27-22)25-23(19-9-5-3-6-10-19)20-11-7-4-8-12-20/h3-14,17-18H,15-16H2,1-2H3,(H,30,31)/t17-,18+. The Balaban J connectivity index is 1.60. The Labute approximate surface area is 181 Å². The first kappa shape index (κ1) is 20.5. The van der Waals surface area contributed by atoms with Crippen molar-refractivity contribution < 1.29 is 9.90 Å². The van der Waals surface area contributed by atoms with E-state index < -0.39 is 6.09 Å². The molecule has 1 fully saturated rings. The molecule has 1 amide bonds. The lowest BCUT2D eigenvalue weighted by Crippen LogP contribution is -2.58. The van der Waals surface area contributed by atoms with Crippen molar-refractivity contribution in [3.05, 3.63) is 83.9 Å². The molecule has 1 N–H and O–H groups in total. The molecule has 2 aromatic carbocycles. The zero-order chi connectivity index (χ0) is 21.8. The summed E-state index contributed by atoms with van der Waals surface area (Å²) in [5, 5.41) is 18.1. The van der Waals surface area contributed by atoms with Crippen molar-refractivity contribution >= 4 is 23.4 Å². The van der Waals surface area contributed by atoms with Crippen LogP contribution >= 0.6 is 0 Å². The Morgan fingerprint density at radius 3 is 1.87 bits per heavy atom. The fraction of sp³-hybridized carbons (Fsp3) is 0.250. The Bertz CT molecular complexity index is 1000. The molecule has 7 nitrogen and oxygen atoms in total. The fourth-order valence-electron chi connectivity index (χ4n) is 4.04. The Hall–Kier alpha value is -3.74. The summed E-state index contributed by atoms with van der Waals surface area (Å²) in [5.41, 5.74) is 2.85. The second kappa shape index (κ2) is 8.95. The smallest absolute Gasteiger partial charge is 0.407 e. The number of carbonyl (C=O) groups is 1. The summed E-state index contributed by atoms with van der Waals surface area (Å²) in [5.74, 6) is 1.25. The van der Waals surface area contributed by atoms with Crippen molar-refractivity contribution in [1.29, 1.82) is 0 Å². The summed E-state index contributed by atoms with van der Waals surface area (Å²) < 4.78 is 0. The molecule has 0 saturated carbocycles. The minimum absolute atomic E-state index is 0.122. The van der Waals surface area contributed by atoms with Gasteiger partial charge >= 0.3 is 6.09 Å². The van der Waals surface area contributed by atoms with Crippen molar-refractivity contribution in [3.8, 4) is 0 Å². The molecular formula is C24H25N5O2. The second-order valence-electron chi connectivity index (χ2n) is 7.74. The maximum atomic E-state index is 11.5. The van der Waals surface area contributed by atoms with Crippen molar-refractivity contribution in [2.24, 2.45) is 4.99 Å². The zero-order valence-electron chi connectivity index (χ0n) is 17.6. The normalized spacial score (nSPS) is 18.5. The summed E-state index contributed by atoms with van der Waals surface area (Å²) in [6.45, 7) is 4.98. The van der Waals surface area contributed by atoms with E-state index in [1.54, 1.807) is 0 Å². The Morgan fingerprint density at radius 1 is 0.871 bits per heavy atom. The third kappa shape index (κ3) is 4.55. The number of aliphatic imine (C=N–C) groups is 1. The number of rotatable bonds is 4. The average molecular weight is 415 g/mol. The number of hydrogen-bond acceptors (Lipinski definition) is 5. The summed E-state index contributed by atoms with van der Waals surface area (Å²) in [6.07, 6.45) is -0.884. The van der Waals surface area contributed by atoms with Gasteiger partial charge in [0, 0.05) is 24.2 Å². The van der Waals surface area contributed by atoms with E-state index in [4.69, 9.17) is 4.99 Å². The maximum Gasteiger partial charge on any atom is 0.407 e. The number of amides is 1. The molecule has 1 saturated heterocycles. The van der Waals surface area contributed by atoms with E-state index in [9.17, 15) is 9.90 Å². The highest BCUT2D eigenvalue weighted by Gasteiger charge is 2.33. The van der Waals surface area contributed by atoms with Crippen LogP contribution in [0.4, 0.5) is 16.4 Å². The highest BCUT2D eigenvalue weighted by atomic mass is 16.4. The molecule has 1 aliphatic heterocycles. The van der Waals surface area contributed by atoms with Crippen LogP contribution in [0.5, 0.6) is 0 Å². The van der Waals surface area contributed by atoms with E-state index in [0.717, 1.165) is 22.7 Å². The quantitative estimate of drug-likeness (QED) is 0.645. The van der Waals surface area contributed by atoms with Crippen molar-refractivity contribution in [2.75, 3.05) is 18.0 Å². The van der Waals surface area contributed by atoms with E-state index in [-0.39, 0.29) is 12.1 Å². The first-order chi connectivity index (χ1) is 15.0. The molecule has 0 bridgehead atoms. The van der Waals surface area contributed by atoms with Crippen molar-refractivity contribution in [1.82, 2.24) is 15.1 Å². The molecule has 0 aliphatic carbocycles. The highest BCUT2D eigenvalue weighted by Crippen LogP contribution is 2.22. The van der Waals surface area contributed by atoms with Gasteiger partial charge in [0.1, 0.15) is 0 Å². The van der Waals surface area contributed by atoms with Crippen LogP contribution in [-0.2, 0) is 0 Å². The molecule has 4 rings (SSSR count). The highest BCUT2D eigenvalue weighted by molar-refractivity contribution is 6.13. The molecule has 2 atom stereocenters. The minimum atomic E-state index is -0.884. The molecular weight excluding hydrogens is 390 g/mol. The van der Waals surface area contributed by atoms with Crippen LogP contribution in [0.3, 0.4) is 0 Å². The van der Waals surface area contributed by atoms with Gasteiger partial charge in [-0.15, -0.1) is 10.2 Å². The Morgan fingerprint density at radius 2 is 1.42 bits per heavy atom. The number of anilines is 1. The molecule has 7 heteroatoms. The van der Waals surface area contributed by atoms with Crippen LogP contribution in [0.1, 0.15) is 25.0 Å². The van der Waals surface area contributed by atoms with Gasteiger partial charge in [-0.1, -0.05) is 60.7 Å². The number of benzene rings is 2.